The predicted molar refractivity (Wildman–Crippen MR) is 69.3 cm³/mol. The lowest BCUT2D eigenvalue weighted by atomic mass is 10.2. The first kappa shape index (κ1) is 16.7. The number of hydrogen-bond acceptors (Lipinski definition) is 4. The fourth-order valence-corrected chi connectivity index (χ4v) is 1.97. The molecule has 2 rings (SSSR count). The molecular formula is C11H4ClF4N3O4. The van der Waals surface area contributed by atoms with E-state index in [1.807, 2.05) is 0 Å². The maximum Gasteiger partial charge on any atom is 0.431 e. The molecule has 0 aliphatic carbocycles. The first-order valence-corrected chi connectivity index (χ1v) is 5.97. The Kier molecular flexibility index (Phi) is 3.99. The molecule has 0 saturated carbocycles. The molecule has 0 spiro atoms. The fourth-order valence-electron chi connectivity index (χ4n) is 1.77. The van der Waals surface area contributed by atoms with Crippen molar-refractivity contribution in [3.05, 3.63) is 65.7 Å². The van der Waals surface area contributed by atoms with Crippen LogP contribution in [0.2, 0.25) is 5.02 Å². The molecule has 7 nitrogen and oxygen atoms in total. The third-order valence-corrected chi connectivity index (χ3v) is 2.88. The van der Waals surface area contributed by atoms with Crippen LogP contribution in [-0.2, 0) is 6.18 Å². The van der Waals surface area contributed by atoms with Crippen LogP contribution in [0.5, 0.6) is 0 Å². The molecule has 23 heavy (non-hydrogen) atoms. The van der Waals surface area contributed by atoms with Gasteiger partial charge in [0.2, 0.25) is 0 Å². The van der Waals surface area contributed by atoms with Crippen LogP contribution in [-0.4, -0.2) is 14.5 Å². The number of hydrogen-bond donors (Lipinski definition) is 1. The molecule has 2 aromatic rings. The Labute approximate surface area is 127 Å². The molecule has 1 N–H and O–H groups in total. The molecule has 0 radical (unpaired) electrons. The van der Waals surface area contributed by atoms with Crippen LogP contribution in [0, 0.1) is 15.9 Å². The molecule has 0 aliphatic heterocycles. The molecule has 0 amide bonds. The maximum atomic E-state index is 13.9. The number of aromatic nitrogens is 2. The SMILES string of the molecule is O=c1cc(C(F)(F)F)[nH]c(=O)n1-c1c(F)cc(Cl)cc1[N+](=O)[O-]. The second-order valence-corrected chi connectivity index (χ2v) is 4.61. The molecule has 0 aliphatic rings. The van der Waals surface area contributed by atoms with Crippen molar-refractivity contribution >= 4 is 17.3 Å². The number of nitro benzene ring substituents is 1. The summed E-state index contributed by atoms with van der Waals surface area (Å²) in [5.74, 6) is -1.42. The Morgan fingerprint density at radius 2 is 1.83 bits per heavy atom. The number of nitrogens with one attached hydrogen (secondary N) is 1. The highest BCUT2D eigenvalue weighted by atomic mass is 35.5. The quantitative estimate of drug-likeness (QED) is 0.508. The van der Waals surface area contributed by atoms with Gasteiger partial charge < -0.3 is 4.98 Å². The third kappa shape index (κ3) is 3.08. The van der Waals surface area contributed by atoms with Gasteiger partial charge in [0.05, 0.1) is 9.95 Å². The summed E-state index contributed by atoms with van der Waals surface area (Å²) in [6.07, 6.45) is -5.03. The largest absolute Gasteiger partial charge is 0.431 e. The van der Waals surface area contributed by atoms with E-state index in [0.29, 0.717) is 12.1 Å². The summed E-state index contributed by atoms with van der Waals surface area (Å²) >= 11 is 5.45. The molecule has 1 aromatic heterocycles. The van der Waals surface area contributed by atoms with Crippen LogP contribution in [0.4, 0.5) is 23.2 Å². The van der Waals surface area contributed by atoms with Crippen molar-refractivity contribution < 1.29 is 22.5 Å². The van der Waals surface area contributed by atoms with Crippen molar-refractivity contribution in [2.75, 3.05) is 0 Å². The number of nitrogens with zero attached hydrogens (tertiary/aromatic N) is 2. The van der Waals surface area contributed by atoms with Gasteiger partial charge in [-0.2, -0.15) is 13.2 Å². The van der Waals surface area contributed by atoms with Crippen LogP contribution >= 0.6 is 11.6 Å². The van der Waals surface area contributed by atoms with Gasteiger partial charge in [-0.25, -0.2) is 13.8 Å². The zero-order valence-corrected chi connectivity index (χ0v) is 11.4. The first-order chi connectivity index (χ1) is 10.5. The highest BCUT2D eigenvalue weighted by molar-refractivity contribution is 6.30. The summed E-state index contributed by atoms with van der Waals surface area (Å²) in [5, 5.41) is 10.5. The van der Waals surface area contributed by atoms with E-state index >= 15 is 0 Å². The van der Waals surface area contributed by atoms with Gasteiger partial charge in [0, 0.05) is 12.1 Å². The predicted octanol–water partition coefficient (Wildman–Crippen LogP) is 2.25. The molecule has 0 unspecified atom stereocenters. The van der Waals surface area contributed by atoms with Crippen molar-refractivity contribution in [1.82, 2.24) is 9.55 Å². The van der Waals surface area contributed by atoms with Crippen molar-refractivity contribution in [1.29, 1.82) is 0 Å². The molecule has 0 atom stereocenters. The molecule has 1 heterocycles. The van der Waals surface area contributed by atoms with E-state index in [4.69, 9.17) is 11.6 Å². The number of halogens is 5. The van der Waals surface area contributed by atoms with Crippen molar-refractivity contribution in [3.8, 4) is 5.69 Å². The molecule has 0 fully saturated rings. The van der Waals surface area contributed by atoms with Gasteiger partial charge in [0.25, 0.3) is 11.2 Å². The lowest BCUT2D eigenvalue weighted by Crippen LogP contribution is -2.36. The Morgan fingerprint density at radius 3 is 2.30 bits per heavy atom. The van der Waals surface area contributed by atoms with Crippen molar-refractivity contribution in [2.45, 2.75) is 6.18 Å². The van der Waals surface area contributed by atoms with Gasteiger partial charge in [-0.15, -0.1) is 0 Å². The molecule has 0 saturated heterocycles. The van der Waals surface area contributed by atoms with Crippen LogP contribution in [0.25, 0.3) is 5.69 Å². The van der Waals surface area contributed by atoms with Crippen LogP contribution in [0.1, 0.15) is 5.69 Å². The minimum atomic E-state index is -5.03. The number of benzene rings is 1. The normalized spacial score (nSPS) is 11.5. The maximum absolute atomic E-state index is 13.9. The fraction of sp³-hybridized carbons (Fsp3) is 0.0909. The standard InChI is InChI=1S/C11H4ClF4N3O4/c12-4-1-5(13)9(6(2-4)19(22)23)18-8(20)3-7(11(14,15)16)17-10(18)21/h1-3H,(H,17,21). The number of rotatable bonds is 2. The van der Waals surface area contributed by atoms with Gasteiger partial charge in [-0.3, -0.25) is 14.9 Å². The van der Waals surface area contributed by atoms with Gasteiger partial charge in [0.15, 0.2) is 11.5 Å². The van der Waals surface area contributed by atoms with E-state index in [0.717, 1.165) is 0 Å². The zero-order valence-electron chi connectivity index (χ0n) is 10.6. The highest BCUT2D eigenvalue weighted by Gasteiger charge is 2.34. The van der Waals surface area contributed by atoms with Crippen LogP contribution in [0.15, 0.2) is 27.8 Å². The van der Waals surface area contributed by atoms with E-state index < -0.39 is 50.3 Å². The van der Waals surface area contributed by atoms with E-state index in [1.165, 1.54) is 4.98 Å². The summed E-state index contributed by atoms with van der Waals surface area (Å²) in [4.78, 5) is 34.6. The van der Waals surface area contributed by atoms with Crippen molar-refractivity contribution in [2.24, 2.45) is 0 Å². The number of H-pyrrole nitrogens is 1. The van der Waals surface area contributed by atoms with E-state index in [1.54, 1.807) is 0 Å². The topological polar surface area (TPSA) is 98.0 Å². The summed E-state index contributed by atoms with van der Waals surface area (Å²) in [6.45, 7) is 0. The average Bonchev–Trinajstić information content (AvgIpc) is 2.38. The lowest BCUT2D eigenvalue weighted by molar-refractivity contribution is -0.384. The second kappa shape index (κ2) is 5.50. The summed E-state index contributed by atoms with van der Waals surface area (Å²) in [7, 11) is 0. The lowest BCUT2D eigenvalue weighted by Gasteiger charge is -2.10. The molecular weight excluding hydrogens is 350 g/mol. The van der Waals surface area contributed by atoms with Gasteiger partial charge >= 0.3 is 11.9 Å². The summed E-state index contributed by atoms with van der Waals surface area (Å²) in [5.41, 5.74) is -7.11. The third-order valence-electron chi connectivity index (χ3n) is 2.67. The average molecular weight is 354 g/mol. The van der Waals surface area contributed by atoms with Crippen LogP contribution in [0.3, 0.4) is 0 Å². The number of nitro groups is 1. The van der Waals surface area contributed by atoms with E-state index in [2.05, 4.69) is 0 Å². The first-order valence-electron chi connectivity index (χ1n) is 5.59. The Morgan fingerprint density at radius 1 is 1.22 bits per heavy atom. The summed E-state index contributed by atoms with van der Waals surface area (Å²) < 4.78 is 51.3. The Balaban J connectivity index is 2.87. The molecule has 1 aromatic carbocycles. The van der Waals surface area contributed by atoms with Crippen molar-refractivity contribution in [3.63, 3.8) is 0 Å². The molecule has 12 heteroatoms. The monoisotopic (exact) mass is 353 g/mol. The van der Waals surface area contributed by atoms with E-state index in [-0.39, 0.29) is 10.6 Å². The molecule has 0 bridgehead atoms. The minimum Gasteiger partial charge on any atom is -0.303 e. The van der Waals surface area contributed by atoms with Gasteiger partial charge in [-0.1, -0.05) is 11.6 Å². The minimum absolute atomic E-state index is 0.0147. The smallest absolute Gasteiger partial charge is 0.303 e. The Bertz CT molecular complexity index is 888. The van der Waals surface area contributed by atoms with Gasteiger partial charge in [-0.05, 0) is 6.07 Å². The highest BCUT2D eigenvalue weighted by Crippen LogP contribution is 2.29. The van der Waals surface area contributed by atoms with Crippen LogP contribution < -0.4 is 11.2 Å². The number of alkyl halides is 3. The zero-order chi connectivity index (χ0) is 17.5. The second-order valence-electron chi connectivity index (χ2n) is 4.17. The number of aromatic amines is 1. The molecule has 122 valence electrons. The van der Waals surface area contributed by atoms with Gasteiger partial charge in [0.1, 0.15) is 5.69 Å². The summed E-state index contributed by atoms with van der Waals surface area (Å²) in [6, 6.07) is 1.22. The van der Waals surface area contributed by atoms with E-state index in [9.17, 15) is 37.3 Å². The Hall–Kier alpha value is -2.69.